The van der Waals surface area contributed by atoms with Crippen LogP contribution in [-0.2, 0) is 9.59 Å². The number of carbonyl (C=O) groups is 2. The Morgan fingerprint density at radius 3 is 2.57 bits per heavy atom. The maximum Gasteiger partial charge on any atom is 0.224 e. The highest BCUT2D eigenvalue weighted by molar-refractivity contribution is 5.93. The van der Waals surface area contributed by atoms with E-state index in [4.69, 9.17) is 10.5 Å². The van der Waals surface area contributed by atoms with Gasteiger partial charge in [0.05, 0.1) is 12.8 Å². The van der Waals surface area contributed by atoms with E-state index in [0.29, 0.717) is 30.1 Å². The third-order valence-electron chi connectivity index (χ3n) is 2.90. The summed E-state index contributed by atoms with van der Waals surface area (Å²) in [6.45, 7) is 2.08. The van der Waals surface area contributed by atoms with Gasteiger partial charge < -0.3 is 21.1 Å². The largest absolute Gasteiger partial charge is 0.494 e. The van der Waals surface area contributed by atoms with Crippen molar-refractivity contribution in [1.29, 1.82) is 0 Å². The van der Waals surface area contributed by atoms with E-state index in [0.717, 1.165) is 19.3 Å². The first kappa shape index (κ1) is 17.0. The molecule has 21 heavy (non-hydrogen) atoms. The zero-order valence-electron chi connectivity index (χ0n) is 12.6. The van der Waals surface area contributed by atoms with Gasteiger partial charge >= 0.3 is 0 Å². The van der Waals surface area contributed by atoms with Crippen molar-refractivity contribution in [2.75, 3.05) is 24.3 Å². The van der Waals surface area contributed by atoms with E-state index in [9.17, 15) is 9.59 Å². The maximum atomic E-state index is 11.8. The molecule has 0 spiro atoms. The van der Waals surface area contributed by atoms with Crippen molar-refractivity contribution in [2.45, 2.75) is 32.6 Å². The van der Waals surface area contributed by atoms with Gasteiger partial charge in [0, 0.05) is 25.1 Å². The first-order valence-corrected chi connectivity index (χ1v) is 7.02. The van der Waals surface area contributed by atoms with Crippen molar-refractivity contribution in [3.8, 4) is 5.75 Å². The molecular formula is C15H23N3O3. The summed E-state index contributed by atoms with van der Waals surface area (Å²) in [7, 11) is 1.51. The van der Waals surface area contributed by atoms with Gasteiger partial charge in [-0.1, -0.05) is 6.42 Å². The van der Waals surface area contributed by atoms with E-state index >= 15 is 0 Å². The molecule has 1 aromatic carbocycles. The quantitative estimate of drug-likeness (QED) is 0.640. The third-order valence-corrected chi connectivity index (χ3v) is 2.90. The fourth-order valence-corrected chi connectivity index (χ4v) is 1.89. The van der Waals surface area contributed by atoms with Crippen LogP contribution in [0, 0.1) is 0 Å². The van der Waals surface area contributed by atoms with Crippen molar-refractivity contribution in [3.05, 3.63) is 18.2 Å². The molecule has 0 aromatic heterocycles. The summed E-state index contributed by atoms with van der Waals surface area (Å²) in [6.07, 6.45) is 3.18. The van der Waals surface area contributed by atoms with Gasteiger partial charge in [0.1, 0.15) is 5.75 Å². The van der Waals surface area contributed by atoms with Gasteiger partial charge in [-0.05, 0) is 31.5 Å². The molecule has 0 saturated carbocycles. The molecule has 0 heterocycles. The lowest BCUT2D eigenvalue weighted by Crippen LogP contribution is -2.12. The van der Waals surface area contributed by atoms with E-state index in [1.165, 1.54) is 14.0 Å². The number of carbonyl (C=O) groups excluding carboxylic acids is 2. The lowest BCUT2D eigenvalue weighted by molar-refractivity contribution is -0.116. The molecule has 1 aromatic rings. The number of anilines is 2. The second-order valence-electron chi connectivity index (χ2n) is 4.74. The fraction of sp³-hybridized carbons (Fsp3) is 0.467. The number of benzene rings is 1. The van der Waals surface area contributed by atoms with E-state index in [2.05, 4.69) is 10.6 Å². The first-order chi connectivity index (χ1) is 10.1. The molecular weight excluding hydrogens is 270 g/mol. The maximum absolute atomic E-state index is 11.8. The molecule has 6 heteroatoms. The van der Waals surface area contributed by atoms with Crippen molar-refractivity contribution < 1.29 is 14.3 Å². The van der Waals surface area contributed by atoms with Crippen LogP contribution >= 0.6 is 0 Å². The zero-order valence-corrected chi connectivity index (χ0v) is 12.6. The average molecular weight is 293 g/mol. The van der Waals surface area contributed by atoms with E-state index in [1.54, 1.807) is 18.2 Å². The number of unbranched alkanes of at least 4 members (excludes halogenated alkanes) is 2. The summed E-state index contributed by atoms with van der Waals surface area (Å²) in [5.74, 6) is 0.289. The summed E-state index contributed by atoms with van der Waals surface area (Å²) < 4.78 is 5.20. The van der Waals surface area contributed by atoms with Gasteiger partial charge in [-0.2, -0.15) is 0 Å². The summed E-state index contributed by atoms with van der Waals surface area (Å²) in [6, 6.07) is 5.11. The van der Waals surface area contributed by atoms with Crippen LogP contribution in [0.4, 0.5) is 11.4 Å². The number of rotatable bonds is 8. The second kappa shape index (κ2) is 8.97. The second-order valence-corrected chi connectivity index (χ2v) is 4.74. The normalized spacial score (nSPS) is 10.0. The van der Waals surface area contributed by atoms with Gasteiger partial charge in [0.2, 0.25) is 11.8 Å². The summed E-state index contributed by atoms with van der Waals surface area (Å²) >= 11 is 0. The van der Waals surface area contributed by atoms with Crippen LogP contribution < -0.4 is 21.1 Å². The molecule has 0 fully saturated rings. The summed E-state index contributed by atoms with van der Waals surface area (Å²) in [5, 5.41) is 5.48. The Bertz CT molecular complexity index is 489. The first-order valence-electron chi connectivity index (χ1n) is 7.02. The Morgan fingerprint density at radius 2 is 1.95 bits per heavy atom. The van der Waals surface area contributed by atoms with E-state index in [-0.39, 0.29) is 11.8 Å². The molecule has 1 rings (SSSR count). The highest BCUT2D eigenvalue weighted by Crippen LogP contribution is 2.28. The minimum Gasteiger partial charge on any atom is -0.494 e. The van der Waals surface area contributed by atoms with Crippen molar-refractivity contribution in [3.63, 3.8) is 0 Å². The number of ether oxygens (including phenoxy) is 1. The molecule has 6 nitrogen and oxygen atoms in total. The fourth-order valence-electron chi connectivity index (χ4n) is 1.89. The highest BCUT2D eigenvalue weighted by atomic mass is 16.5. The molecule has 0 unspecified atom stereocenters. The molecule has 0 atom stereocenters. The van der Waals surface area contributed by atoms with Gasteiger partial charge in [0.25, 0.3) is 0 Å². The monoisotopic (exact) mass is 293 g/mol. The van der Waals surface area contributed by atoms with Crippen molar-refractivity contribution >= 4 is 23.2 Å². The van der Waals surface area contributed by atoms with Crippen molar-refractivity contribution in [2.24, 2.45) is 5.73 Å². The highest BCUT2D eigenvalue weighted by Gasteiger charge is 2.08. The third kappa shape index (κ3) is 6.27. The molecule has 2 amide bonds. The van der Waals surface area contributed by atoms with Gasteiger partial charge in [-0.3, -0.25) is 9.59 Å². The average Bonchev–Trinajstić information content (AvgIpc) is 2.44. The van der Waals surface area contributed by atoms with Crippen LogP contribution in [0.1, 0.15) is 32.6 Å². The van der Waals surface area contributed by atoms with Gasteiger partial charge in [-0.25, -0.2) is 0 Å². The van der Waals surface area contributed by atoms with Crippen LogP contribution in [0.15, 0.2) is 18.2 Å². The zero-order chi connectivity index (χ0) is 15.7. The number of hydrogen-bond acceptors (Lipinski definition) is 4. The summed E-state index contributed by atoms with van der Waals surface area (Å²) in [4.78, 5) is 22.9. The molecule has 0 aliphatic rings. The number of amides is 2. The Balaban J connectivity index is 2.59. The number of nitrogens with one attached hydrogen (secondary N) is 2. The van der Waals surface area contributed by atoms with Gasteiger partial charge in [0.15, 0.2) is 0 Å². The Morgan fingerprint density at radius 1 is 1.19 bits per heavy atom. The van der Waals surface area contributed by atoms with Crippen LogP contribution in [0.5, 0.6) is 5.75 Å². The smallest absolute Gasteiger partial charge is 0.224 e. The molecule has 116 valence electrons. The van der Waals surface area contributed by atoms with Crippen LogP contribution in [0.2, 0.25) is 0 Å². The van der Waals surface area contributed by atoms with E-state index < -0.39 is 0 Å². The van der Waals surface area contributed by atoms with Crippen LogP contribution in [0.3, 0.4) is 0 Å². The molecule has 0 saturated heterocycles. The minimum absolute atomic E-state index is 0.0404. The van der Waals surface area contributed by atoms with Crippen LogP contribution in [-0.4, -0.2) is 25.5 Å². The lowest BCUT2D eigenvalue weighted by Gasteiger charge is -2.11. The molecule has 0 bridgehead atoms. The standard InChI is InChI=1S/C15H23N3O3/c1-11(19)17-13-8-7-12(10-14(13)21-2)18-15(20)6-4-3-5-9-16/h7-8,10H,3-6,9,16H2,1-2H3,(H,17,19)(H,18,20). The summed E-state index contributed by atoms with van der Waals surface area (Å²) in [5.41, 5.74) is 6.62. The lowest BCUT2D eigenvalue weighted by atomic mass is 10.2. The van der Waals surface area contributed by atoms with E-state index in [1.807, 2.05) is 0 Å². The Hall–Kier alpha value is -2.08. The topological polar surface area (TPSA) is 93.4 Å². The Kier molecular flexibility index (Phi) is 7.25. The molecule has 0 aliphatic carbocycles. The Labute approximate surface area is 125 Å². The minimum atomic E-state index is -0.176. The van der Waals surface area contributed by atoms with Crippen LogP contribution in [0.25, 0.3) is 0 Å². The number of hydrogen-bond donors (Lipinski definition) is 3. The SMILES string of the molecule is COc1cc(NC(=O)CCCCCN)ccc1NC(C)=O. The molecule has 4 N–H and O–H groups in total. The predicted octanol–water partition coefficient (Wildman–Crippen LogP) is 2.11. The molecule has 0 radical (unpaired) electrons. The van der Waals surface area contributed by atoms with Gasteiger partial charge in [-0.15, -0.1) is 0 Å². The van der Waals surface area contributed by atoms with Crippen molar-refractivity contribution in [1.82, 2.24) is 0 Å². The predicted molar refractivity (Wildman–Crippen MR) is 83.4 cm³/mol. The number of methoxy groups -OCH3 is 1. The molecule has 0 aliphatic heterocycles. The number of nitrogens with two attached hydrogens (primary N) is 1.